The molecule has 0 heterocycles. The van der Waals surface area contributed by atoms with Crippen LogP contribution in [0.2, 0.25) is 0 Å². The highest BCUT2D eigenvalue weighted by Crippen LogP contribution is 1.89. The molecule has 0 saturated carbocycles. The van der Waals surface area contributed by atoms with Crippen LogP contribution in [-0.2, 0) is 0 Å². The topological polar surface area (TPSA) is 38.0 Å². The molecule has 0 radical (unpaired) electrons. The molecule has 3 heteroatoms. The maximum Gasteiger partial charge on any atom is 0.110 e. The summed E-state index contributed by atoms with van der Waals surface area (Å²) in [6.45, 7) is 1.87. The van der Waals surface area contributed by atoms with Gasteiger partial charge in [-0.2, -0.15) is 0 Å². The third-order valence-corrected chi connectivity index (χ3v) is 0.779. The Balaban J connectivity index is 3.26. The fraction of sp³-hybridized carbons (Fsp3) is 0.600. The van der Waals surface area contributed by atoms with Crippen LogP contribution in [0.3, 0.4) is 0 Å². The van der Waals surface area contributed by atoms with Crippen LogP contribution in [0, 0.1) is 0 Å². The van der Waals surface area contributed by atoms with Crippen molar-refractivity contribution < 1.29 is 4.39 Å². The van der Waals surface area contributed by atoms with E-state index >= 15 is 0 Å². The maximum absolute atomic E-state index is 11.6. The van der Waals surface area contributed by atoms with Crippen molar-refractivity contribution in [3.63, 3.8) is 0 Å². The first-order valence-electron chi connectivity index (χ1n) is 2.46. The minimum atomic E-state index is -0.387. The number of rotatable bonds is 3. The Labute approximate surface area is 48.5 Å². The Morgan fingerprint density at radius 2 is 2.50 bits per heavy atom. The zero-order valence-corrected chi connectivity index (χ0v) is 4.95. The summed E-state index contributed by atoms with van der Waals surface area (Å²) in [4.78, 5) is 0. The Hall–Kier alpha value is -0.410. The minimum absolute atomic E-state index is 0.387. The molecule has 0 aromatic carbocycles. The monoisotopic (exact) mass is 118 g/mol. The summed E-state index contributed by atoms with van der Waals surface area (Å²) >= 11 is 0. The fourth-order valence-corrected chi connectivity index (χ4v) is 0.288. The van der Waals surface area contributed by atoms with Gasteiger partial charge in [-0.05, 0) is 12.5 Å². The van der Waals surface area contributed by atoms with Crippen molar-refractivity contribution in [3.05, 3.63) is 11.6 Å². The normalized spacial score (nSPS) is 12.1. The number of allylic oxidation sites excluding steroid dienone is 1. The van der Waals surface area contributed by atoms with E-state index in [1.807, 2.05) is 0 Å². The van der Waals surface area contributed by atoms with E-state index in [0.29, 0.717) is 12.1 Å². The lowest BCUT2D eigenvalue weighted by atomic mass is 10.3. The number of alkyl halides is 1. The van der Waals surface area contributed by atoms with Crippen molar-refractivity contribution in [1.29, 1.82) is 0 Å². The van der Waals surface area contributed by atoms with E-state index in [1.54, 1.807) is 13.0 Å². The Kier molecular flexibility index (Phi) is 4.50. The first kappa shape index (κ1) is 7.59. The lowest BCUT2D eigenvalue weighted by Gasteiger charge is -1.91. The van der Waals surface area contributed by atoms with Crippen LogP contribution in [0.4, 0.5) is 4.39 Å². The largest absolute Gasteiger partial charge is 0.271 e. The Morgan fingerprint density at radius 3 is 2.88 bits per heavy atom. The summed E-state index contributed by atoms with van der Waals surface area (Å²) in [7, 11) is 0. The second-order valence-electron chi connectivity index (χ2n) is 1.59. The highest BCUT2D eigenvalue weighted by molar-refractivity contribution is 4.98. The van der Waals surface area contributed by atoms with Gasteiger partial charge in [0.1, 0.15) is 6.67 Å². The lowest BCUT2D eigenvalue weighted by Crippen LogP contribution is -2.21. The van der Waals surface area contributed by atoms with Crippen LogP contribution in [0.15, 0.2) is 11.6 Å². The van der Waals surface area contributed by atoms with Crippen molar-refractivity contribution in [3.8, 4) is 0 Å². The molecule has 0 bridgehead atoms. The molecule has 0 aromatic rings. The molecule has 0 aliphatic heterocycles. The van der Waals surface area contributed by atoms with Crippen LogP contribution in [0.1, 0.15) is 6.92 Å². The molecule has 3 N–H and O–H groups in total. The number of hydrogen-bond donors (Lipinski definition) is 2. The van der Waals surface area contributed by atoms with Crippen molar-refractivity contribution in [2.45, 2.75) is 6.92 Å². The Morgan fingerprint density at radius 1 is 1.88 bits per heavy atom. The zero-order chi connectivity index (χ0) is 6.41. The third-order valence-electron chi connectivity index (χ3n) is 0.779. The minimum Gasteiger partial charge on any atom is -0.271 e. The van der Waals surface area contributed by atoms with Gasteiger partial charge in [-0.1, -0.05) is 6.08 Å². The average Bonchev–Trinajstić information content (AvgIpc) is 1.83. The molecule has 0 rings (SSSR count). The first-order valence-corrected chi connectivity index (χ1v) is 2.46. The molecule has 0 aromatic heterocycles. The van der Waals surface area contributed by atoms with Gasteiger partial charge in [-0.15, -0.1) is 0 Å². The predicted octanol–water partition coefficient (Wildman–Crippen LogP) is 0.366. The third kappa shape index (κ3) is 3.77. The SMILES string of the molecule is C/C(=C\CNN)CF. The summed E-state index contributed by atoms with van der Waals surface area (Å²) in [5.41, 5.74) is 3.10. The summed E-state index contributed by atoms with van der Waals surface area (Å²) in [5.74, 6) is 4.91. The number of hydrazine groups is 1. The predicted molar refractivity (Wildman–Crippen MR) is 31.9 cm³/mol. The highest BCUT2D eigenvalue weighted by atomic mass is 19.1. The van der Waals surface area contributed by atoms with Crippen LogP contribution in [0.25, 0.3) is 0 Å². The molecule has 0 aliphatic rings. The molecular formula is C5H11FN2. The van der Waals surface area contributed by atoms with Gasteiger partial charge in [0.05, 0.1) is 0 Å². The molecule has 0 amide bonds. The van der Waals surface area contributed by atoms with E-state index in [2.05, 4.69) is 5.43 Å². The van der Waals surface area contributed by atoms with E-state index in [9.17, 15) is 4.39 Å². The molecule has 0 saturated heterocycles. The summed E-state index contributed by atoms with van der Waals surface area (Å²) in [5, 5.41) is 0. The van der Waals surface area contributed by atoms with Crippen molar-refractivity contribution in [1.82, 2.24) is 5.43 Å². The van der Waals surface area contributed by atoms with Gasteiger partial charge in [0.15, 0.2) is 0 Å². The van der Waals surface area contributed by atoms with Gasteiger partial charge >= 0.3 is 0 Å². The van der Waals surface area contributed by atoms with Gasteiger partial charge in [-0.25, -0.2) is 4.39 Å². The highest BCUT2D eigenvalue weighted by Gasteiger charge is 1.82. The van der Waals surface area contributed by atoms with E-state index in [0.717, 1.165) is 0 Å². The average molecular weight is 118 g/mol. The summed E-state index contributed by atoms with van der Waals surface area (Å²) < 4.78 is 11.6. The summed E-state index contributed by atoms with van der Waals surface area (Å²) in [6.07, 6.45) is 1.71. The Bertz CT molecular complexity index is 80.5. The van der Waals surface area contributed by atoms with E-state index < -0.39 is 0 Å². The number of halogens is 1. The van der Waals surface area contributed by atoms with E-state index in [-0.39, 0.29) is 6.67 Å². The quantitative estimate of drug-likeness (QED) is 0.319. The molecule has 48 valence electrons. The molecule has 2 nitrogen and oxygen atoms in total. The van der Waals surface area contributed by atoms with E-state index in [4.69, 9.17) is 5.84 Å². The van der Waals surface area contributed by atoms with E-state index in [1.165, 1.54) is 0 Å². The van der Waals surface area contributed by atoms with Gasteiger partial charge < -0.3 is 0 Å². The van der Waals surface area contributed by atoms with Gasteiger partial charge in [0.2, 0.25) is 0 Å². The second-order valence-corrected chi connectivity index (χ2v) is 1.59. The molecule has 8 heavy (non-hydrogen) atoms. The second kappa shape index (κ2) is 4.74. The smallest absolute Gasteiger partial charge is 0.110 e. The van der Waals surface area contributed by atoms with Crippen LogP contribution >= 0.6 is 0 Å². The standard InChI is InChI=1S/C5H11FN2/c1-5(4-6)2-3-8-7/h2,8H,3-4,7H2,1H3/b5-2+. The maximum atomic E-state index is 11.6. The zero-order valence-electron chi connectivity index (χ0n) is 4.95. The van der Waals surface area contributed by atoms with Crippen LogP contribution in [-0.4, -0.2) is 13.2 Å². The molecule has 0 fully saturated rings. The molecular weight excluding hydrogens is 107 g/mol. The van der Waals surface area contributed by atoms with Gasteiger partial charge in [0, 0.05) is 6.54 Å². The molecule has 0 unspecified atom stereocenters. The van der Waals surface area contributed by atoms with Crippen molar-refractivity contribution >= 4 is 0 Å². The van der Waals surface area contributed by atoms with Gasteiger partial charge in [-0.3, -0.25) is 11.3 Å². The lowest BCUT2D eigenvalue weighted by molar-refractivity contribution is 0.541. The summed E-state index contributed by atoms with van der Waals surface area (Å²) in [6, 6.07) is 0. The molecule has 0 spiro atoms. The van der Waals surface area contributed by atoms with Crippen LogP contribution < -0.4 is 11.3 Å². The van der Waals surface area contributed by atoms with Crippen molar-refractivity contribution in [2.24, 2.45) is 5.84 Å². The molecule has 0 aliphatic carbocycles. The fourth-order valence-electron chi connectivity index (χ4n) is 0.288. The van der Waals surface area contributed by atoms with Crippen molar-refractivity contribution in [2.75, 3.05) is 13.2 Å². The number of hydrogen-bond acceptors (Lipinski definition) is 2. The van der Waals surface area contributed by atoms with Crippen LogP contribution in [0.5, 0.6) is 0 Å². The molecule has 0 atom stereocenters. The first-order chi connectivity index (χ1) is 3.81. The van der Waals surface area contributed by atoms with Gasteiger partial charge in [0.25, 0.3) is 0 Å². The number of nitrogens with one attached hydrogen (secondary N) is 1. The number of nitrogens with two attached hydrogens (primary N) is 1.